The van der Waals surface area contributed by atoms with E-state index in [2.05, 4.69) is 4.98 Å². The van der Waals surface area contributed by atoms with Crippen molar-refractivity contribution < 1.29 is 19.4 Å². The molecule has 5 rings (SSSR count). The summed E-state index contributed by atoms with van der Waals surface area (Å²) >= 11 is 0. The van der Waals surface area contributed by atoms with Crippen molar-refractivity contribution in [1.29, 1.82) is 0 Å². The van der Waals surface area contributed by atoms with Gasteiger partial charge in [0, 0.05) is 25.4 Å². The van der Waals surface area contributed by atoms with Gasteiger partial charge in [-0.25, -0.2) is 0 Å². The molecule has 1 atom stereocenters. The van der Waals surface area contributed by atoms with Crippen LogP contribution in [0.4, 0.5) is 0 Å². The van der Waals surface area contributed by atoms with Crippen molar-refractivity contribution in [2.24, 2.45) is 0 Å². The fourth-order valence-electron chi connectivity index (χ4n) is 4.55. The number of nitrogens with zero attached hydrogens (tertiary/aromatic N) is 2. The number of carbonyl (C=O) groups is 2. The summed E-state index contributed by atoms with van der Waals surface area (Å²) < 4.78 is 6.01. The van der Waals surface area contributed by atoms with Gasteiger partial charge in [0.25, 0.3) is 5.91 Å². The molecule has 0 saturated heterocycles. The van der Waals surface area contributed by atoms with Crippen molar-refractivity contribution in [2.45, 2.75) is 25.4 Å². The second-order valence-corrected chi connectivity index (χ2v) is 8.86. The van der Waals surface area contributed by atoms with Crippen LogP contribution >= 0.6 is 0 Å². The summed E-state index contributed by atoms with van der Waals surface area (Å²) in [7, 11) is 0. The fraction of sp³-hybridized carbons (Fsp3) is 0.129. The molecular weight excluding hydrogens is 464 g/mol. The van der Waals surface area contributed by atoms with E-state index in [1.54, 1.807) is 18.5 Å². The van der Waals surface area contributed by atoms with Crippen LogP contribution in [0.5, 0.6) is 11.5 Å². The van der Waals surface area contributed by atoms with E-state index in [9.17, 15) is 14.7 Å². The number of ether oxygens (including phenoxy) is 1. The Labute approximate surface area is 215 Å². The van der Waals surface area contributed by atoms with Crippen LogP contribution in [0.25, 0.3) is 0 Å². The van der Waals surface area contributed by atoms with E-state index in [0.717, 1.165) is 11.1 Å². The summed E-state index contributed by atoms with van der Waals surface area (Å²) in [6, 6.07) is 29.2. The Morgan fingerprint density at radius 3 is 2.30 bits per heavy atom. The van der Waals surface area contributed by atoms with Crippen LogP contribution < -0.4 is 4.74 Å². The lowest BCUT2D eigenvalue weighted by atomic mass is 9.93. The highest BCUT2D eigenvalue weighted by molar-refractivity contribution is 6.09. The number of hydrogen-bond acceptors (Lipinski definition) is 5. The van der Waals surface area contributed by atoms with Crippen LogP contribution in [-0.4, -0.2) is 26.7 Å². The Morgan fingerprint density at radius 1 is 0.865 bits per heavy atom. The molecule has 1 unspecified atom stereocenters. The minimum absolute atomic E-state index is 0.113. The highest BCUT2D eigenvalue weighted by Crippen LogP contribution is 2.40. The number of aliphatic hydroxyl groups excluding tert-OH is 1. The van der Waals surface area contributed by atoms with Crippen molar-refractivity contribution >= 4 is 11.7 Å². The number of aryl methyl sites for hydroxylation is 1. The van der Waals surface area contributed by atoms with E-state index in [4.69, 9.17) is 4.74 Å². The summed E-state index contributed by atoms with van der Waals surface area (Å²) in [5.74, 6) is -0.0951. The molecule has 0 aliphatic carbocycles. The number of ketones is 1. The highest BCUT2D eigenvalue weighted by atomic mass is 16.5. The molecule has 6 nitrogen and oxygen atoms in total. The number of hydrogen-bond donors (Lipinski definition) is 1. The first-order valence-corrected chi connectivity index (χ1v) is 12.1. The smallest absolute Gasteiger partial charge is 0.290 e. The lowest BCUT2D eigenvalue weighted by molar-refractivity contribution is -0.130. The topological polar surface area (TPSA) is 79.7 Å². The predicted molar refractivity (Wildman–Crippen MR) is 140 cm³/mol. The highest BCUT2D eigenvalue weighted by Gasteiger charge is 2.43. The van der Waals surface area contributed by atoms with Gasteiger partial charge >= 0.3 is 0 Å². The predicted octanol–water partition coefficient (Wildman–Crippen LogP) is 5.97. The van der Waals surface area contributed by atoms with Crippen molar-refractivity contribution in [3.05, 3.63) is 137 Å². The molecule has 3 aromatic carbocycles. The number of carbonyl (C=O) groups excluding carboxylic acids is 2. The molecule has 2 heterocycles. The average Bonchev–Trinajstić information content (AvgIpc) is 3.19. The number of aromatic nitrogens is 1. The first-order chi connectivity index (χ1) is 18.1. The minimum atomic E-state index is -0.754. The van der Waals surface area contributed by atoms with Crippen LogP contribution in [0.1, 0.15) is 29.2 Å². The molecule has 0 spiro atoms. The van der Waals surface area contributed by atoms with Crippen molar-refractivity contribution in [1.82, 2.24) is 9.88 Å². The van der Waals surface area contributed by atoms with Crippen LogP contribution in [-0.2, 0) is 22.6 Å². The van der Waals surface area contributed by atoms with Gasteiger partial charge in [0.1, 0.15) is 11.5 Å². The van der Waals surface area contributed by atoms with E-state index in [0.29, 0.717) is 23.5 Å². The molecular formula is C31H26N2O4. The molecule has 1 aliphatic rings. The molecule has 0 fully saturated rings. The molecule has 0 saturated carbocycles. The quantitative estimate of drug-likeness (QED) is 0.313. The zero-order valence-electron chi connectivity index (χ0n) is 20.2. The standard InChI is InChI=1S/C31H26N2O4/c34-27(17-16-22-9-3-1-4-10-22)28-29(33(31(36)30(28)35)21-23-11-8-18-32-20-23)24-12-7-15-26(19-24)37-25-13-5-2-6-14-25/h1-15,18-20,29,35H,16-17,21H2. The molecule has 1 amide bonds. The maximum absolute atomic E-state index is 13.5. The van der Waals surface area contributed by atoms with Crippen molar-refractivity contribution in [3.63, 3.8) is 0 Å². The number of benzene rings is 3. The second kappa shape index (κ2) is 10.9. The van der Waals surface area contributed by atoms with Crippen LogP contribution in [0, 0.1) is 0 Å². The van der Waals surface area contributed by atoms with Gasteiger partial charge in [0.15, 0.2) is 11.5 Å². The van der Waals surface area contributed by atoms with E-state index in [1.807, 2.05) is 91.0 Å². The van der Waals surface area contributed by atoms with Crippen LogP contribution in [0.2, 0.25) is 0 Å². The monoisotopic (exact) mass is 490 g/mol. The maximum Gasteiger partial charge on any atom is 0.290 e. The van der Waals surface area contributed by atoms with Gasteiger partial charge < -0.3 is 14.7 Å². The van der Waals surface area contributed by atoms with Gasteiger partial charge in [0.05, 0.1) is 11.6 Å². The number of pyridine rings is 1. The second-order valence-electron chi connectivity index (χ2n) is 8.86. The van der Waals surface area contributed by atoms with Gasteiger partial charge in [0.2, 0.25) is 0 Å². The molecule has 4 aromatic rings. The zero-order valence-corrected chi connectivity index (χ0v) is 20.2. The average molecular weight is 491 g/mol. The van der Waals surface area contributed by atoms with E-state index >= 15 is 0 Å². The van der Waals surface area contributed by atoms with Gasteiger partial charge in [-0.2, -0.15) is 0 Å². The number of para-hydroxylation sites is 1. The van der Waals surface area contributed by atoms with Gasteiger partial charge in [-0.3, -0.25) is 14.6 Å². The van der Waals surface area contributed by atoms with Gasteiger partial charge in [-0.05, 0) is 53.4 Å². The third kappa shape index (κ3) is 5.43. The van der Waals surface area contributed by atoms with E-state index in [-0.39, 0.29) is 24.3 Å². The molecule has 37 heavy (non-hydrogen) atoms. The van der Waals surface area contributed by atoms with Crippen molar-refractivity contribution in [3.8, 4) is 11.5 Å². The Balaban J connectivity index is 1.48. The lowest BCUT2D eigenvalue weighted by Crippen LogP contribution is -2.30. The zero-order chi connectivity index (χ0) is 25.6. The van der Waals surface area contributed by atoms with E-state index < -0.39 is 17.7 Å². The van der Waals surface area contributed by atoms with Crippen molar-refractivity contribution in [2.75, 3.05) is 0 Å². The van der Waals surface area contributed by atoms with E-state index in [1.165, 1.54) is 4.90 Å². The Kier molecular flexibility index (Phi) is 7.08. The molecule has 1 N–H and O–H groups in total. The number of aliphatic hydroxyl groups is 1. The minimum Gasteiger partial charge on any atom is -0.503 e. The van der Waals surface area contributed by atoms with Gasteiger partial charge in [-0.1, -0.05) is 66.7 Å². The summed E-state index contributed by atoms with van der Waals surface area (Å²) in [5.41, 5.74) is 2.60. The number of Topliss-reactive ketones (excluding diaryl/α,β-unsaturated/α-hetero) is 1. The Bertz CT molecular complexity index is 1420. The molecule has 1 aliphatic heterocycles. The SMILES string of the molecule is O=C(CCc1ccccc1)C1=C(O)C(=O)N(Cc2cccnc2)C1c1cccc(Oc2ccccc2)c1. The summed E-state index contributed by atoms with van der Waals surface area (Å²) in [6.07, 6.45) is 4.02. The third-order valence-corrected chi connectivity index (χ3v) is 6.32. The Hall–Kier alpha value is -4.71. The molecule has 6 heteroatoms. The maximum atomic E-state index is 13.5. The molecule has 184 valence electrons. The summed E-state index contributed by atoms with van der Waals surface area (Å²) in [4.78, 5) is 32.4. The normalized spacial score (nSPS) is 15.2. The number of rotatable bonds is 9. The number of amides is 1. The van der Waals surface area contributed by atoms with Crippen LogP contribution in [0.3, 0.4) is 0 Å². The summed E-state index contributed by atoms with van der Waals surface area (Å²) in [6.45, 7) is 0.195. The molecule has 1 aromatic heterocycles. The molecule has 0 radical (unpaired) electrons. The first-order valence-electron chi connectivity index (χ1n) is 12.1. The molecule has 0 bridgehead atoms. The largest absolute Gasteiger partial charge is 0.503 e. The fourth-order valence-corrected chi connectivity index (χ4v) is 4.55. The Morgan fingerprint density at radius 2 is 1.57 bits per heavy atom. The van der Waals surface area contributed by atoms with Crippen LogP contribution in [0.15, 0.2) is 121 Å². The van der Waals surface area contributed by atoms with Gasteiger partial charge in [-0.15, -0.1) is 0 Å². The lowest BCUT2D eigenvalue weighted by Gasteiger charge is -2.27. The summed E-state index contributed by atoms with van der Waals surface area (Å²) in [5, 5.41) is 10.9. The first kappa shape index (κ1) is 24.0. The third-order valence-electron chi connectivity index (χ3n) is 6.32.